The maximum atomic E-state index is 11.7. The average Bonchev–Trinajstić information content (AvgIpc) is 3.17. The van der Waals surface area contributed by atoms with Gasteiger partial charge < -0.3 is 15.8 Å². The molecular formula is C13H18N2O2. The van der Waals surface area contributed by atoms with Crippen LogP contribution in [0.3, 0.4) is 0 Å². The Bertz CT molecular complexity index is 374. The van der Waals surface area contributed by atoms with Crippen molar-refractivity contribution in [3.05, 3.63) is 30.3 Å². The Kier molecular flexibility index (Phi) is 3.64. The van der Waals surface area contributed by atoms with Gasteiger partial charge in [-0.05, 0) is 25.0 Å². The summed E-state index contributed by atoms with van der Waals surface area (Å²) in [5.41, 5.74) is 5.30. The Morgan fingerprint density at radius 3 is 2.65 bits per heavy atom. The highest BCUT2D eigenvalue weighted by Crippen LogP contribution is 2.44. The van der Waals surface area contributed by atoms with Gasteiger partial charge in [0.25, 0.3) is 0 Å². The van der Waals surface area contributed by atoms with Crippen LogP contribution in [0, 0.1) is 5.41 Å². The lowest BCUT2D eigenvalue weighted by atomic mass is 10.1. The van der Waals surface area contributed by atoms with E-state index in [1.807, 2.05) is 30.3 Å². The van der Waals surface area contributed by atoms with Crippen molar-refractivity contribution in [3.63, 3.8) is 0 Å². The van der Waals surface area contributed by atoms with Gasteiger partial charge >= 0.3 is 0 Å². The van der Waals surface area contributed by atoms with Crippen LogP contribution in [-0.4, -0.2) is 25.6 Å². The van der Waals surface area contributed by atoms with E-state index < -0.39 is 0 Å². The number of carbonyl (C=O) groups excluding carboxylic acids is 1. The molecule has 1 aliphatic rings. The number of rotatable bonds is 6. The maximum Gasteiger partial charge on any atom is 0.227 e. The molecule has 17 heavy (non-hydrogen) atoms. The standard InChI is InChI=1S/C13H18N2O2/c14-10-13(6-7-13)12(16)15-8-9-17-11-4-2-1-3-5-11/h1-5H,6-10,14H2,(H,15,16). The molecule has 0 bridgehead atoms. The summed E-state index contributed by atoms with van der Waals surface area (Å²) in [7, 11) is 0. The van der Waals surface area contributed by atoms with Crippen molar-refractivity contribution in [3.8, 4) is 5.75 Å². The number of amides is 1. The van der Waals surface area contributed by atoms with E-state index >= 15 is 0 Å². The van der Waals surface area contributed by atoms with Crippen LogP contribution in [0.1, 0.15) is 12.8 Å². The molecule has 0 atom stereocenters. The third-order valence-corrected chi connectivity index (χ3v) is 3.13. The van der Waals surface area contributed by atoms with E-state index in [-0.39, 0.29) is 11.3 Å². The SMILES string of the molecule is NCC1(C(=O)NCCOc2ccccc2)CC1. The molecule has 0 aromatic heterocycles. The minimum absolute atomic E-state index is 0.0664. The lowest BCUT2D eigenvalue weighted by Gasteiger charge is -2.13. The van der Waals surface area contributed by atoms with Crippen molar-refractivity contribution in [1.82, 2.24) is 5.32 Å². The lowest BCUT2D eigenvalue weighted by Crippen LogP contribution is -2.38. The van der Waals surface area contributed by atoms with Crippen LogP contribution in [0.2, 0.25) is 0 Å². The summed E-state index contributed by atoms with van der Waals surface area (Å²) in [6.45, 7) is 1.45. The van der Waals surface area contributed by atoms with Gasteiger partial charge in [-0.25, -0.2) is 0 Å². The zero-order valence-corrected chi connectivity index (χ0v) is 9.82. The molecule has 1 amide bonds. The first-order valence-electron chi connectivity index (χ1n) is 5.93. The summed E-state index contributed by atoms with van der Waals surface area (Å²) in [4.78, 5) is 11.7. The molecule has 0 spiro atoms. The molecule has 4 nitrogen and oxygen atoms in total. The number of nitrogens with one attached hydrogen (secondary N) is 1. The molecule has 0 heterocycles. The van der Waals surface area contributed by atoms with Crippen LogP contribution in [-0.2, 0) is 4.79 Å². The fourth-order valence-electron chi connectivity index (χ4n) is 1.71. The van der Waals surface area contributed by atoms with Crippen LogP contribution < -0.4 is 15.8 Å². The van der Waals surface area contributed by atoms with E-state index in [0.29, 0.717) is 19.7 Å². The Morgan fingerprint density at radius 2 is 2.06 bits per heavy atom. The van der Waals surface area contributed by atoms with E-state index in [0.717, 1.165) is 18.6 Å². The van der Waals surface area contributed by atoms with Gasteiger partial charge in [-0.1, -0.05) is 18.2 Å². The zero-order valence-electron chi connectivity index (χ0n) is 9.82. The highest BCUT2D eigenvalue weighted by molar-refractivity contribution is 5.85. The number of ether oxygens (including phenoxy) is 1. The first-order chi connectivity index (χ1) is 8.27. The minimum atomic E-state index is -0.271. The van der Waals surface area contributed by atoms with Gasteiger partial charge in [0.2, 0.25) is 5.91 Å². The molecular weight excluding hydrogens is 216 g/mol. The molecule has 0 unspecified atom stereocenters. The second-order valence-electron chi connectivity index (χ2n) is 4.40. The Morgan fingerprint density at radius 1 is 1.35 bits per heavy atom. The number of hydrogen-bond acceptors (Lipinski definition) is 3. The van der Waals surface area contributed by atoms with E-state index in [1.165, 1.54) is 0 Å². The maximum absolute atomic E-state index is 11.7. The predicted molar refractivity (Wildman–Crippen MR) is 65.7 cm³/mol. The van der Waals surface area contributed by atoms with Crippen molar-refractivity contribution >= 4 is 5.91 Å². The second-order valence-corrected chi connectivity index (χ2v) is 4.40. The second kappa shape index (κ2) is 5.19. The van der Waals surface area contributed by atoms with Gasteiger partial charge in [0.05, 0.1) is 12.0 Å². The van der Waals surface area contributed by atoms with Crippen molar-refractivity contribution in [1.29, 1.82) is 0 Å². The normalized spacial score (nSPS) is 16.3. The molecule has 2 rings (SSSR count). The lowest BCUT2D eigenvalue weighted by molar-refractivity contribution is -0.126. The van der Waals surface area contributed by atoms with Crippen LogP contribution >= 0.6 is 0 Å². The van der Waals surface area contributed by atoms with E-state index in [9.17, 15) is 4.79 Å². The van der Waals surface area contributed by atoms with Gasteiger partial charge in [-0.3, -0.25) is 4.79 Å². The van der Waals surface area contributed by atoms with Gasteiger partial charge in [0.1, 0.15) is 12.4 Å². The van der Waals surface area contributed by atoms with Crippen LogP contribution in [0.25, 0.3) is 0 Å². The third kappa shape index (κ3) is 2.97. The van der Waals surface area contributed by atoms with Gasteiger partial charge in [0.15, 0.2) is 0 Å². The molecule has 1 saturated carbocycles. The molecule has 1 aliphatic carbocycles. The fourth-order valence-corrected chi connectivity index (χ4v) is 1.71. The molecule has 1 aromatic carbocycles. The molecule has 1 fully saturated rings. The van der Waals surface area contributed by atoms with Crippen molar-refractivity contribution < 1.29 is 9.53 Å². The first-order valence-corrected chi connectivity index (χ1v) is 5.93. The Hall–Kier alpha value is -1.55. The van der Waals surface area contributed by atoms with Crippen molar-refractivity contribution in [2.45, 2.75) is 12.8 Å². The van der Waals surface area contributed by atoms with Crippen molar-refractivity contribution in [2.75, 3.05) is 19.7 Å². The topological polar surface area (TPSA) is 64.4 Å². The monoisotopic (exact) mass is 234 g/mol. The number of para-hydroxylation sites is 1. The van der Waals surface area contributed by atoms with Crippen LogP contribution in [0.4, 0.5) is 0 Å². The van der Waals surface area contributed by atoms with Crippen LogP contribution in [0.15, 0.2) is 30.3 Å². The summed E-state index contributed by atoms with van der Waals surface area (Å²) >= 11 is 0. The Labute approximate surface area is 101 Å². The Balaban J connectivity index is 1.65. The largest absolute Gasteiger partial charge is 0.492 e. The number of hydrogen-bond donors (Lipinski definition) is 2. The van der Waals surface area contributed by atoms with E-state index in [4.69, 9.17) is 10.5 Å². The summed E-state index contributed by atoms with van der Waals surface area (Å²) in [5.74, 6) is 0.887. The number of carbonyl (C=O) groups is 1. The molecule has 4 heteroatoms. The third-order valence-electron chi connectivity index (χ3n) is 3.13. The zero-order chi connectivity index (χ0) is 12.1. The van der Waals surface area contributed by atoms with Gasteiger partial charge in [-0.15, -0.1) is 0 Å². The summed E-state index contributed by atoms with van der Waals surface area (Å²) < 4.78 is 5.48. The van der Waals surface area contributed by atoms with E-state index in [1.54, 1.807) is 0 Å². The molecule has 3 N–H and O–H groups in total. The van der Waals surface area contributed by atoms with Gasteiger partial charge in [-0.2, -0.15) is 0 Å². The summed E-state index contributed by atoms with van der Waals surface area (Å²) in [6, 6.07) is 9.56. The highest BCUT2D eigenvalue weighted by atomic mass is 16.5. The quantitative estimate of drug-likeness (QED) is 0.719. The number of nitrogens with two attached hydrogens (primary N) is 1. The average molecular weight is 234 g/mol. The van der Waals surface area contributed by atoms with Crippen LogP contribution in [0.5, 0.6) is 5.75 Å². The van der Waals surface area contributed by atoms with E-state index in [2.05, 4.69) is 5.32 Å². The summed E-state index contributed by atoms with van der Waals surface area (Å²) in [5, 5.41) is 2.86. The minimum Gasteiger partial charge on any atom is -0.492 e. The molecule has 0 aliphatic heterocycles. The smallest absolute Gasteiger partial charge is 0.227 e. The molecule has 1 aromatic rings. The summed E-state index contributed by atoms with van der Waals surface area (Å²) in [6.07, 6.45) is 1.82. The van der Waals surface area contributed by atoms with Gasteiger partial charge in [0, 0.05) is 6.54 Å². The fraction of sp³-hybridized carbons (Fsp3) is 0.462. The first kappa shape index (κ1) is 11.9. The number of benzene rings is 1. The highest BCUT2D eigenvalue weighted by Gasteiger charge is 2.48. The predicted octanol–water partition coefficient (Wildman–Crippen LogP) is 0.921. The molecule has 0 saturated heterocycles. The molecule has 0 radical (unpaired) electrons. The van der Waals surface area contributed by atoms with Crippen molar-refractivity contribution in [2.24, 2.45) is 11.1 Å². The molecule has 92 valence electrons.